The molecule has 17 heavy (non-hydrogen) atoms. The Morgan fingerprint density at radius 1 is 1.53 bits per heavy atom. The summed E-state index contributed by atoms with van der Waals surface area (Å²) in [4.78, 5) is 15.4. The third-order valence-electron chi connectivity index (χ3n) is 2.46. The van der Waals surface area contributed by atoms with Gasteiger partial charge in [-0.3, -0.25) is 4.79 Å². The molecule has 0 unspecified atom stereocenters. The first-order chi connectivity index (χ1) is 8.28. The van der Waals surface area contributed by atoms with Gasteiger partial charge in [-0.25, -0.2) is 4.98 Å². The third kappa shape index (κ3) is 3.76. The van der Waals surface area contributed by atoms with Crippen LogP contribution in [0.1, 0.15) is 25.0 Å². The molecule has 5 heteroatoms. The first-order valence-corrected chi connectivity index (χ1v) is 5.68. The quantitative estimate of drug-likeness (QED) is 0.792. The zero-order valence-electron chi connectivity index (χ0n) is 9.44. The number of carbonyl (C=O) groups is 1. The number of aromatic nitrogens is 1. The Hall–Kier alpha value is -2.09. The van der Waals surface area contributed by atoms with E-state index < -0.39 is 0 Å². The monoisotopic (exact) mass is 230 g/mol. The van der Waals surface area contributed by atoms with Crippen molar-refractivity contribution in [2.45, 2.75) is 25.3 Å². The molecule has 1 heterocycles. The second-order valence-corrected chi connectivity index (χ2v) is 4.04. The molecule has 0 bridgehead atoms. The van der Waals surface area contributed by atoms with Crippen molar-refractivity contribution in [2.75, 3.05) is 11.9 Å². The predicted octanol–water partition coefficient (Wildman–Crippen LogP) is 1.03. The maximum Gasteiger partial charge on any atom is 0.221 e. The molecule has 1 aliphatic carbocycles. The summed E-state index contributed by atoms with van der Waals surface area (Å²) < 4.78 is 0. The Balaban J connectivity index is 1.73. The van der Waals surface area contributed by atoms with Crippen LogP contribution >= 0.6 is 0 Å². The summed E-state index contributed by atoms with van der Waals surface area (Å²) in [6.45, 7) is 0.528. The lowest BCUT2D eigenvalue weighted by Crippen LogP contribution is -2.27. The van der Waals surface area contributed by atoms with Crippen LogP contribution in [0.4, 0.5) is 5.82 Å². The summed E-state index contributed by atoms with van der Waals surface area (Å²) in [5, 5.41) is 14.6. The molecule has 88 valence electrons. The highest BCUT2D eigenvalue weighted by Crippen LogP contribution is 2.18. The van der Waals surface area contributed by atoms with E-state index in [0.717, 1.165) is 12.8 Å². The van der Waals surface area contributed by atoms with E-state index >= 15 is 0 Å². The van der Waals surface area contributed by atoms with Crippen molar-refractivity contribution in [1.82, 2.24) is 10.3 Å². The molecule has 1 amide bonds. The van der Waals surface area contributed by atoms with Crippen LogP contribution in [0.3, 0.4) is 0 Å². The molecule has 0 radical (unpaired) electrons. The van der Waals surface area contributed by atoms with Crippen LogP contribution in [0.15, 0.2) is 18.2 Å². The molecule has 5 nitrogen and oxygen atoms in total. The molecule has 0 saturated heterocycles. The topological polar surface area (TPSA) is 77.8 Å². The Bertz CT molecular complexity index is 448. The van der Waals surface area contributed by atoms with Crippen LogP contribution in [0.2, 0.25) is 0 Å². The summed E-state index contributed by atoms with van der Waals surface area (Å²) in [7, 11) is 0. The van der Waals surface area contributed by atoms with E-state index in [4.69, 9.17) is 5.26 Å². The average molecular weight is 230 g/mol. The first kappa shape index (κ1) is 11.4. The molecule has 0 aliphatic heterocycles. The molecule has 1 aromatic rings. The fourth-order valence-corrected chi connectivity index (χ4v) is 1.43. The van der Waals surface area contributed by atoms with Gasteiger partial charge in [0.05, 0.1) is 0 Å². The number of carbonyl (C=O) groups excluding carboxylic acids is 1. The van der Waals surface area contributed by atoms with Gasteiger partial charge in [-0.15, -0.1) is 0 Å². The van der Waals surface area contributed by atoms with E-state index in [-0.39, 0.29) is 5.91 Å². The van der Waals surface area contributed by atoms with Crippen molar-refractivity contribution in [2.24, 2.45) is 0 Å². The van der Waals surface area contributed by atoms with Crippen molar-refractivity contribution in [3.8, 4) is 6.07 Å². The molecule has 1 saturated carbocycles. The van der Waals surface area contributed by atoms with Gasteiger partial charge in [0, 0.05) is 19.0 Å². The predicted molar refractivity (Wildman–Crippen MR) is 63.2 cm³/mol. The second kappa shape index (κ2) is 5.30. The Morgan fingerprint density at radius 2 is 2.35 bits per heavy atom. The molecule has 2 rings (SSSR count). The Kier molecular flexibility index (Phi) is 3.55. The summed E-state index contributed by atoms with van der Waals surface area (Å²) in [5.74, 6) is 0.694. The largest absolute Gasteiger partial charge is 0.370 e. The zero-order chi connectivity index (χ0) is 12.1. The van der Waals surface area contributed by atoms with Crippen molar-refractivity contribution < 1.29 is 4.79 Å². The van der Waals surface area contributed by atoms with Gasteiger partial charge in [-0.05, 0) is 25.0 Å². The molecule has 1 aromatic heterocycles. The minimum atomic E-state index is 0.0661. The maximum atomic E-state index is 11.4. The number of nitrogens with one attached hydrogen (secondary N) is 2. The fourth-order valence-electron chi connectivity index (χ4n) is 1.43. The van der Waals surface area contributed by atoms with Crippen LogP contribution in [0.25, 0.3) is 0 Å². The number of amides is 1. The Morgan fingerprint density at radius 3 is 3.06 bits per heavy atom. The fraction of sp³-hybridized carbons (Fsp3) is 0.417. The number of nitrogens with zero attached hydrogens (tertiary/aromatic N) is 2. The van der Waals surface area contributed by atoms with Crippen molar-refractivity contribution in [1.29, 1.82) is 5.26 Å². The van der Waals surface area contributed by atoms with Gasteiger partial charge in [-0.1, -0.05) is 6.07 Å². The lowest BCUT2D eigenvalue weighted by atomic mass is 10.3. The van der Waals surface area contributed by atoms with Crippen LogP contribution in [-0.4, -0.2) is 23.5 Å². The Labute approximate surface area is 99.9 Å². The number of rotatable bonds is 5. The second-order valence-electron chi connectivity index (χ2n) is 4.04. The number of hydrogen-bond donors (Lipinski definition) is 2. The van der Waals surface area contributed by atoms with Gasteiger partial charge in [0.2, 0.25) is 5.91 Å². The van der Waals surface area contributed by atoms with Gasteiger partial charge in [0.15, 0.2) is 0 Å². The number of anilines is 1. The van der Waals surface area contributed by atoms with E-state index in [1.165, 1.54) is 0 Å². The number of pyridine rings is 1. The van der Waals surface area contributed by atoms with Gasteiger partial charge >= 0.3 is 0 Å². The van der Waals surface area contributed by atoms with E-state index in [2.05, 4.69) is 15.6 Å². The normalized spacial score (nSPS) is 13.8. The molecule has 0 atom stereocenters. The van der Waals surface area contributed by atoms with Crippen LogP contribution in [-0.2, 0) is 4.79 Å². The minimum absolute atomic E-state index is 0.0661. The summed E-state index contributed by atoms with van der Waals surface area (Å²) >= 11 is 0. The highest BCUT2D eigenvalue weighted by atomic mass is 16.1. The van der Waals surface area contributed by atoms with Gasteiger partial charge in [-0.2, -0.15) is 5.26 Å². The third-order valence-corrected chi connectivity index (χ3v) is 2.46. The highest BCUT2D eigenvalue weighted by Gasteiger charge is 2.22. The smallest absolute Gasteiger partial charge is 0.221 e. The number of nitriles is 1. The lowest BCUT2D eigenvalue weighted by molar-refractivity contribution is -0.120. The standard InChI is InChI=1S/C12H14N4O/c13-8-10-2-1-3-11(15-10)14-7-6-12(17)16-9-4-5-9/h1-3,9H,4-7H2,(H,14,15)(H,16,17). The van der Waals surface area contributed by atoms with Gasteiger partial charge in [0.25, 0.3) is 0 Å². The lowest BCUT2D eigenvalue weighted by Gasteiger charge is -2.06. The minimum Gasteiger partial charge on any atom is -0.370 e. The molecular weight excluding hydrogens is 216 g/mol. The van der Waals surface area contributed by atoms with E-state index in [0.29, 0.717) is 30.5 Å². The molecule has 2 N–H and O–H groups in total. The maximum absolute atomic E-state index is 11.4. The van der Waals surface area contributed by atoms with Crippen molar-refractivity contribution >= 4 is 11.7 Å². The number of hydrogen-bond acceptors (Lipinski definition) is 4. The van der Waals surface area contributed by atoms with E-state index in [1.54, 1.807) is 18.2 Å². The van der Waals surface area contributed by atoms with Crippen molar-refractivity contribution in [3.05, 3.63) is 23.9 Å². The average Bonchev–Trinajstić information content (AvgIpc) is 3.13. The van der Waals surface area contributed by atoms with E-state index in [1.807, 2.05) is 6.07 Å². The zero-order valence-corrected chi connectivity index (χ0v) is 9.44. The summed E-state index contributed by atoms with van der Waals surface area (Å²) in [5.41, 5.74) is 0.373. The van der Waals surface area contributed by atoms with Crippen molar-refractivity contribution in [3.63, 3.8) is 0 Å². The first-order valence-electron chi connectivity index (χ1n) is 5.68. The summed E-state index contributed by atoms with van der Waals surface area (Å²) in [6, 6.07) is 7.56. The van der Waals surface area contributed by atoms with Crippen LogP contribution in [0.5, 0.6) is 0 Å². The summed E-state index contributed by atoms with van der Waals surface area (Å²) in [6.07, 6.45) is 2.63. The van der Waals surface area contributed by atoms with Crippen LogP contribution in [0, 0.1) is 11.3 Å². The van der Waals surface area contributed by atoms with E-state index in [9.17, 15) is 4.79 Å². The SMILES string of the molecule is N#Cc1cccc(NCCC(=O)NC2CC2)n1. The molecule has 0 aromatic carbocycles. The highest BCUT2D eigenvalue weighted by molar-refractivity contribution is 5.77. The molecule has 1 aliphatic rings. The van der Waals surface area contributed by atoms with Gasteiger partial charge in [0.1, 0.15) is 17.6 Å². The van der Waals surface area contributed by atoms with Gasteiger partial charge < -0.3 is 10.6 Å². The molecule has 1 fully saturated rings. The molecule has 0 spiro atoms. The van der Waals surface area contributed by atoms with Crippen LogP contribution < -0.4 is 10.6 Å². The molecular formula is C12H14N4O.